The van der Waals surface area contributed by atoms with Gasteiger partial charge < -0.3 is 22.1 Å². The van der Waals surface area contributed by atoms with Gasteiger partial charge in [0.05, 0.1) is 0 Å². The molecular formula is C11H22N4O3. The third-order valence-corrected chi connectivity index (χ3v) is 2.30. The van der Waals surface area contributed by atoms with Gasteiger partial charge >= 0.3 is 0 Å². The molecule has 2 atom stereocenters. The molecule has 0 aliphatic carbocycles. The molecule has 0 aliphatic heterocycles. The smallest absolute Gasteiger partial charge is 0.244 e. The molecule has 3 amide bonds. The average molecular weight is 258 g/mol. The van der Waals surface area contributed by atoms with Crippen molar-refractivity contribution in [1.29, 1.82) is 0 Å². The van der Waals surface area contributed by atoms with Crippen LogP contribution >= 0.6 is 0 Å². The first-order valence-electron chi connectivity index (χ1n) is 5.84. The van der Waals surface area contributed by atoms with E-state index in [1.807, 2.05) is 13.8 Å². The van der Waals surface area contributed by atoms with E-state index in [2.05, 4.69) is 10.6 Å². The summed E-state index contributed by atoms with van der Waals surface area (Å²) in [5, 5.41) is 4.89. The summed E-state index contributed by atoms with van der Waals surface area (Å²) in [6.07, 6.45) is 0.443. The monoisotopic (exact) mass is 258 g/mol. The van der Waals surface area contributed by atoms with Crippen molar-refractivity contribution in [2.75, 3.05) is 6.54 Å². The van der Waals surface area contributed by atoms with Crippen LogP contribution in [0.5, 0.6) is 0 Å². The summed E-state index contributed by atoms with van der Waals surface area (Å²) in [7, 11) is 0. The van der Waals surface area contributed by atoms with Crippen molar-refractivity contribution < 1.29 is 14.4 Å². The fraction of sp³-hybridized carbons (Fsp3) is 0.727. The molecule has 0 saturated carbocycles. The number of amides is 3. The van der Waals surface area contributed by atoms with E-state index in [1.165, 1.54) is 6.92 Å². The van der Waals surface area contributed by atoms with Gasteiger partial charge in [0.25, 0.3) is 0 Å². The van der Waals surface area contributed by atoms with Crippen molar-refractivity contribution in [3.8, 4) is 0 Å². The minimum Gasteiger partial charge on any atom is -0.368 e. The SMILES string of the molecule is CC(=O)N[C@@H](CN)C(=O)N[C@@H](CC(C)C)C(N)=O. The van der Waals surface area contributed by atoms with Crippen LogP contribution in [-0.4, -0.2) is 36.3 Å². The highest BCUT2D eigenvalue weighted by Gasteiger charge is 2.24. The Labute approximate surface area is 107 Å². The second-order valence-corrected chi connectivity index (χ2v) is 4.58. The molecule has 0 heterocycles. The number of primary amides is 1. The Morgan fingerprint density at radius 3 is 2.00 bits per heavy atom. The van der Waals surface area contributed by atoms with E-state index >= 15 is 0 Å². The zero-order chi connectivity index (χ0) is 14.3. The summed E-state index contributed by atoms with van der Waals surface area (Å²) in [5.41, 5.74) is 10.6. The number of carbonyl (C=O) groups excluding carboxylic acids is 3. The molecule has 0 aromatic rings. The summed E-state index contributed by atoms with van der Waals surface area (Å²) in [5.74, 6) is -1.26. The maximum atomic E-state index is 11.8. The third kappa shape index (κ3) is 6.19. The minimum absolute atomic E-state index is 0.0431. The third-order valence-electron chi connectivity index (χ3n) is 2.30. The topological polar surface area (TPSA) is 127 Å². The van der Waals surface area contributed by atoms with E-state index in [4.69, 9.17) is 11.5 Å². The average Bonchev–Trinajstić information content (AvgIpc) is 2.23. The lowest BCUT2D eigenvalue weighted by atomic mass is 10.0. The second kappa shape index (κ2) is 7.65. The molecule has 0 bridgehead atoms. The number of nitrogens with one attached hydrogen (secondary N) is 2. The van der Waals surface area contributed by atoms with Crippen LogP contribution in [0.2, 0.25) is 0 Å². The summed E-state index contributed by atoms with van der Waals surface area (Å²) >= 11 is 0. The zero-order valence-corrected chi connectivity index (χ0v) is 11.0. The molecule has 0 spiro atoms. The molecule has 0 radical (unpaired) electrons. The molecule has 0 aromatic carbocycles. The predicted octanol–water partition coefficient (Wildman–Crippen LogP) is -1.53. The molecule has 0 aliphatic rings. The fourth-order valence-electron chi connectivity index (χ4n) is 1.47. The van der Waals surface area contributed by atoms with E-state index in [1.54, 1.807) is 0 Å². The molecule has 6 N–H and O–H groups in total. The number of rotatable bonds is 7. The molecular weight excluding hydrogens is 236 g/mol. The number of hydrogen-bond donors (Lipinski definition) is 4. The van der Waals surface area contributed by atoms with Gasteiger partial charge in [-0.15, -0.1) is 0 Å². The van der Waals surface area contributed by atoms with Crippen molar-refractivity contribution in [2.24, 2.45) is 17.4 Å². The highest BCUT2D eigenvalue weighted by atomic mass is 16.2. The Morgan fingerprint density at radius 2 is 1.67 bits per heavy atom. The lowest BCUT2D eigenvalue weighted by Crippen LogP contribution is -2.55. The number of nitrogens with two attached hydrogens (primary N) is 2. The van der Waals surface area contributed by atoms with Crippen LogP contribution in [0.4, 0.5) is 0 Å². The van der Waals surface area contributed by atoms with Gasteiger partial charge in [-0.2, -0.15) is 0 Å². The van der Waals surface area contributed by atoms with Gasteiger partial charge in [-0.3, -0.25) is 14.4 Å². The van der Waals surface area contributed by atoms with E-state index < -0.39 is 23.9 Å². The molecule has 18 heavy (non-hydrogen) atoms. The van der Waals surface area contributed by atoms with Gasteiger partial charge in [0.1, 0.15) is 12.1 Å². The zero-order valence-electron chi connectivity index (χ0n) is 11.0. The summed E-state index contributed by atoms with van der Waals surface area (Å²) in [6.45, 7) is 5.07. The van der Waals surface area contributed by atoms with Crippen LogP contribution in [0, 0.1) is 5.92 Å². The Kier molecular flexibility index (Phi) is 6.96. The maximum absolute atomic E-state index is 11.8. The van der Waals surface area contributed by atoms with Gasteiger partial charge in [-0.25, -0.2) is 0 Å². The summed E-state index contributed by atoms with van der Waals surface area (Å²) in [6, 6.07) is -1.60. The maximum Gasteiger partial charge on any atom is 0.244 e. The van der Waals surface area contributed by atoms with Crippen LogP contribution in [0.25, 0.3) is 0 Å². The summed E-state index contributed by atoms with van der Waals surface area (Å²) < 4.78 is 0. The van der Waals surface area contributed by atoms with Gasteiger partial charge in [0.15, 0.2) is 0 Å². The Morgan fingerprint density at radius 1 is 1.11 bits per heavy atom. The molecule has 0 unspecified atom stereocenters. The van der Waals surface area contributed by atoms with Crippen LogP contribution in [0.15, 0.2) is 0 Å². The molecule has 0 aromatic heterocycles. The van der Waals surface area contributed by atoms with E-state index in [9.17, 15) is 14.4 Å². The van der Waals surface area contributed by atoms with Gasteiger partial charge in [-0.1, -0.05) is 13.8 Å². The Hall–Kier alpha value is -1.63. The lowest BCUT2D eigenvalue weighted by molar-refractivity contribution is -0.130. The predicted molar refractivity (Wildman–Crippen MR) is 67.2 cm³/mol. The van der Waals surface area contributed by atoms with Crippen LogP contribution < -0.4 is 22.1 Å². The number of carbonyl (C=O) groups is 3. The number of hydrogen-bond acceptors (Lipinski definition) is 4. The Bertz CT molecular complexity index is 317. The molecule has 7 nitrogen and oxygen atoms in total. The van der Waals surface area contributed by atoms with E-state index in [0.717, 1.165) is 0 Å². The second-order valence-electron chi connectivity index (χ2n) is 4.58. The largest absolute Gasteiger partial charge is 0.368 e. The molecule has 0 rings (SSSR count). The van der Waals surface area contributed by atoms with Gasteiger partial charge in [0.2, 0.25) is 17.7 Å². The minimum atomic E-state index is -0.850. The van der Waals surface area contributed by atoms with Gasteiger partial charge in [-0.05, 0) is 12.3 Å². The standard InChI is InChI=1S/C11H22N4O3/c1-6(2)4-8(10(13)17)15-11(18)9(5-12)14-7(3)16/h6,8-9H,4-5,12H2,1-3H3,(H2,13,17)(H,14,16)(H,15,18)/t8-,9-/m0/s1. The first kappa shape index (κ1) is 16.4. The first-order chi connectivity index (χ1) is 8.27. The highest BCUT2D eigenvalue weighted by molar-refractivity contribution is 5.91. The quantitative estimate of drug-likeness (QED) is 0.441. The molecule has 7 heteroatoms. The van der Waals surface area contributed by atoms with E-state index in [-0.39, 0.29) is 18.4 Å². The Balaban J connectivity index is 4.56. The van der Waals surface area contributed by atoms with Crippen molar-refractivity contribution in [1.82, 2.24) is 10.6 Å². The van der Waals surface area contributed by atoms with Gasteiger partial charge in [0, 0.05) is 13.5 Å². The normalized spacial score (nSPS) is 13.8. The van der Waals surface area contributed by atoms with E-state index in [0.29, 0.717) is 6.42 Å². The molecule has 0 saturated heterocycles. The molecule has 104 valence electrons. The van der Waals surface area contributed by atoms with Crippen LogP contribution in [0.1, 0.15) is 27.2 Å². The van der Waals surface area contributed by atoms with Crippen molar-refractivity contribution >= 4 is 17.7 Å². The fourth-order valence-corrected chi connectivity index (χ4v) is 1.47. The molecule has 0 fully saturated rings. The van der Waals surface area contributed by atoms with Crippen molar-refractivity contribution in [3.63, 3.8) is 0 Å². The van der Waals surface area contributed by atoms with Crippen molar-refractivity contribution in [3.05, 3.63) is 0 Å². The van der Waals surface area contributed by atoms with Crippen LogP contribution in [-0.2, 0) is 14.4 Å². The lowest BCUT2D eigenvalue weighted by Gasteiger charge is -2.21. The highest BCUT2D eigenvalue weighted by Crippen LogP contribution is 2.04. The summed E-state index contributed by atoms with van der Waals surface area (Å²) in [4.78, 5) is 33.9. The first-order valence-corrected chi connectivity index (χ1v) is 5.84. The van der Waals surface area contributed by atoms with Crippen molar-refractivity contribution in [2.45, 2.75) is 39.3 Å². The van der Waals surface area contributed by atoms with Crippen LogP contribution in [0.3, 0.4) is 0 Å².